The number of imidazole rings is 1. The summed E-state index contributed by atoms with van der Waals surface area (Å²) in [7, 11) is 0. The summed E-state index contributed by atoms with van der Waals surface area (Å²) in [6.45, 7) is 10.6. The number of nitrogens with zero attached hydrogens (tertiary/aromatic N) is 4. The number of hydrogen-bond acceptors (Lipinski definition) is 3. The Morgan fingerprint density at radius 3 is 2.12 bits per heavy atom. The van der Waals surface area contributed by atoms with E-state index in [-0.39, 0.29) is 27.8 Å². The van der Waals surface area contributed by atoms with Gasteiger partial charge in [-0.05, 0) is 97.8 Å². The Morgan fingerprint density at radius 1 is 0.579 bits per heavy atom. The van der Waals surface area contributed by atoms with E-state index in [4.69, 9.17) is 9.97 Å². The van der Waals surface area contributed by atoms with Crippen LogP contribution in [-0.4, -0.2) is 21.2 Å². The molecular weight excluding hydrogens is 874 g/mol. The molecule has 2 aromatic heterocycles. The van der Waals surface area contributed by atoms with Gasteiger partial charge in [-0.15, -0.1) is 59.1 Å². The number of pyridine rings is 1. The largest absolute Gasteiger partial charge is 2.00 e. The van der Waals surface area contributed by atoms with Gasteiger partial charge in [0.05, 0.1) is 16.9 Å². The molecule has 0 fully saturated rings. The Hall–Kier alpha value is -6.03. The molecule has 0 atom stereocenters. The van der Waals surface area contributed by atoms with E-state index >= 15 is 0 Å². The van der Waals surface area contributed by atoms with Crippen molar-refractivity contribution in [3.05, 3.63) is 186 Å². The second-order valence-electron chi connectivity index (χ2n) is 15.2. The smallest absolute Gasteiger partial charge is 0.352 e. The number of aryl methyl sites for hydroxylation is 5. The Labute approximate surface area is 349 Å². The van der Waals surface area contributed by atoms with E-state index in [0.29, 0.717) is 0 Å². The quantitative estimate of drug-likeness (QED) is 0.127. The van der Waals surface area contributed by atoms with Crippen molar-refractivity contribution in [2.75, 3.05) is 4.90 Å². The summed E-state index contributed by atoms with van der Waals surface area (Å²) in [6.07, 6.45) is 1.94. The molecule has 57 heavy (non-hydrogen) atoms. The minimum Gasteiger partial charge on any atom is -0.352 e. The van der Waals surface area contributed by atoms with E-state index in [1.807, 2.05) is 6.20 Å². The van der Waals surface area contributed by atoms with Crippen molar-refractivity contribution in [3.63, 3.8) is 0 Å². The third kappa shape index (κ3) is 6.13. The van der Waals surface area contributed by atoms with Crippen LogP contribution >= 0.6 is 0 Å². The van der Waals surface area contributed by atoms with Crippen molar-refractivity contribution in [3.8, 4) is 28.3 Å². The Balaban J connectivity index is 0.00000422. The van der Waals surface area contributed by atoms with Gasteiger partial charge in [0, 0.05) is 28.6 Å². The summed E-state index contributed by atoms with van der Waals surface area (Å²) >= 11 is 0. The second-order valence-corrected chi connectivity index (χ2v) is 15.2. The molecule has 0 spiro atoms. The molecule has 4 nitrogen and oxygen atoms in total. The minimum absolute atomic E-state index is 0. The Bertz CT molecular complexity index is 2990. The van der Waals surface area contributed by atoms with E-state index in [0.717, 1.165) is 78.5 Å². The maximum Gasteiger partial charge on any atom is 2.00 e. The molecule has 10 rings (SSSR count). The zero-order valence-corrected chi connectivity index (χ0v) is 34.8. The molecule has 1 aliphatic heterocycles. The predicted octanol–water partition coefficient (Wildman–Crippen LogP) is 10.3. The van der Waals surface area contributed by atoms with Crippen LogP contribution in [0.2, 0.25) is 0 Å². The van der Waals surface area contributed by atoms with E-state index < -0.39 is 0 Å². The van der Waals surface area contributed by atoms with E-state index in [1.54, 1.807) is 0 Å². The molecule has 9 aromatic rings. The first-order chi connectivity index (χ1) is 27.3. The van der Waals surface area contributed by atoms with Gasteiger partial charge < -0.3 is 14.5 Å². The van der Waals surface area contributed by atoms with Crippen LogP contribution in [0.15, 0.2) is 146 Å². The van der Waals surface area contributed by atoms with Crippen molar-refractivity contribution in [1.82, 2.24) is 14.5 Å². The standard InChI is InChI=1S/C51H39BN4.Pt/c1-32-26-35(4)50(36(5)27-32)56-48-22-11-9-20-44(48)54-51(56)39-24-25-47-43(30-39)52(40-17-12-16-38(29-40)49-34(3)28-33(2)31-53-49)42-19-8-10-21-46(42)55(47)45-23-13-15-37-14-6-7-18-41(37)45;/h6-28,31H,1-5H3;/q-2;+2. The van der Waals surface area contributed by atoms with Crippen molar-refractivity contribution in [2.24, 2.45) is 0 Å². The van der Waals surface area contributed by atoms with Crippen LogP contribution < -0.4 is 21.3 Å². The van der Waals surface area contributed by atoms with Gasteiger partial charge in [-0.2, -0.15) is 5.46 Å². The summed E-state index contributed by atoms with van der Waals surface area (Å²) in [5.41, 5.74) is 18.7. The van der Waals surface area contributed by atoms with Crippen molar-refractivity contribution < 1.29 is 21.1 Å². The van der Waals surface area contributed by atoms with Crippen LogP contribution in [0.3, 0.4) is 0 Å². The van der Waals surface area contributed by atoms with Gasteiger partial charge in [0.2, 0.25) is 6.71 Å². The number of fused-ring (bicyclic) bond motifs is 4. The number of rotatable bonds is 5. The molecule has 0 amide bonds. The zero-order valence-electron chi connectivity index (χ0n) is 32.5. The van der Waals surface area contributed by atoms with Crippen LogP contribution in [0, 0.1) is 46.8 Å². The van der Waals surface area contributed by atoms with Gasteiger partial charge in [-0.1, -0.05) is 96.1 Å². The molecule has 276 valence electrons. The first kappa shape index (κ1) is 36.6. The Kier molecular flexibility index (Phi) is 9.30. The number of anilines is 3. The van der Waals surface area contributed by atoms with Crippen LogP contribution in [0.5, 0.6) is 0 Å². The average Bonchev–Trinajstić information content (AvgIpc) is 3.58. The minimum atomic E-state index is -0.154. The van der Waals surface area contributed by atoms with Crippen LogP contribution in [0.1, 0.15) is 27.8 Å². The normalized spacial score (nSPS) is 12.1. The van der Waals surface area contributed by atoms with Crippen LogP contribution in [0.25, 0.3) is 50.1 Å². The molecule has 0 aliphatic carbocycles. The Morgan fingerprint density at radius 2 is 1.28 bits per heavy atom. The summed E-state index contributed by atoms with van der Waals surface area (Å²) in [5.74, 6) is 0.871. The molecule has 0 saturated carbocycles. The van der Waals surface area contributed by atoms with E-state index in [9.17, 15) is 0 Å². The number of para-hydroxylation sites is 3. The average molecular weight is 914 g/mol. The molecular formula is C51H39BN4Pt. The fourth-order valence-electron chi connectivity index (χ4n) is 9.00. The van der Waals surface area contributed by atoms with Gasteiger partial charge >= 0.3 is 21.1 Å². The maximum atomic E-state index is 5.35. The van der Waals surface area contributed by atoms with Gasteiger partial charge in [0.1, 0.15) is 0 Å². The molecule has 6 heteroatoms. The van der Waals surface area contributed by atoms with Gasteiger partial charge in [-0.25, -0.2) is 0 Å². The zero-order chi connectivity index (χ0) is 38.1. The van der Waals surface area contributed by atoms with Crippen LogP contribution in [0.4, 0.5) is 17.1 Å². The fourth-order valence-corrected chi connectivity index (χ4v) is 9.00. The number of hydrogen-bond donors (Lipinski definition) is 0. The fraction of sp³-hybridized carbons (Fsp3) is 0.0980. The second kappa shape index (κ2) is 14.5. The number of aromatic nitrogens is 3. The monoisotopic (exact) mass is 913 g/mol. The first-order valence-corrected chi connectivity index (χ1v) is 19.3. The molecule has 7 aromatic carbocycles. The van der Waals surface area contributed by atoms with Crippen molar-refractivity contribution >= 4 is 62.0 Å². The number of benzene rings is 7. The molecule has 0 N–H and O–H groups in total. The first-order valence-electron chi connectivity index (χ1n) is 19.3. The van der Waals surface area contributed by atoms with Crippen molar-refractivity contribution in [2.45, 2.75) is 34.6 Å². The van der Waals surface area contributed by atoms with Gasteiger partial charge in [0.15, 0.2) is 0 Å². The van der Waals surface area contributed by atoms with E-state index in [1.165, 1.54) is 32.9 Å². The topological polar surface area (TPSA) is 34.0 Å². The van der Waals surface area contributed by atoms with E-state index in [2.05, 4.69) is 196 Å². The molecule has 0 unspecified atom stereocenters. The van der Waals surface area contributed by atoms with Gasteiger partial charge in [-0.3, -0.25) is 4.98 Å². The molecule has 0 radical (unpaired) electrons. The van der Waals surface area contributed by atoms with Gasteiger partial charge in [0.25, 0.3) is 0 Å². The van der Waals surface area contributed by atoms with Crippen LogP contribution in [-0.2, 0) is 21.1 Å². The SMILES string of the molecule is Cc1cnc(-c2[c-]c(B3c4[c-]c(-c5nc6ccccc6n5-c5c(C)cc(C)cc5C)ccc4N(c4cccc5ccccc45)c4ccccc43)ccc2)c(C)c1.[Pt+2]. The van der Waals surface area contributed by atoms with Crippen molar-refractivity contribution in [1.29, 1.82) is 0 Å². The molecule has 3 heterocycles. The molecule has 0 saturated heterocycles. The summed E-state index contributed by atoms with van der Waals surface area (Å²) in [5, 5.41) is 2.39. The molecule has 0 bridgehead atoms. The molecule has 1 aliphatic rings. The third-order valence-corrected chi connectivity index (χ3v) is 11.2. The third-order valence-electron chi connectivity index (χ3n) is 11.2. The predicted molar refractivity (Wildman–Crippen MR) is 234 cm³/mol. The summed E-state index contributed by atoms with van der Waals surface area (Å²) in [6, 6.07) is 58.1. The summed E-state index contributed by atoms with van der Waals surface area (Å²) in [4.78, 5) is 12.7. The maximum absolute atomic E-state index is 5.35. The summed E-state index contributed by atoms with van der Waals surface area (Å²) < 4.78 is 2.34.